The predicted octanol–water partition coefficient (Wildman–Crippen LogP) is 0.377. The van der Waals surface area contributed by atoms with E-state index in [2.05, 4.69) is 4.42 Å². The van der Waals surface area contributed by atoms with Gasteiger partial charge in [0, 0.05) is 6.07 Å². The molecule has 2 rings (SSSR count). The minimum absolute atomic E-state index is 0.388. The van der Waals surface area contributed by atoms with Crippen LogP contribution in [0.3, 0.4) is 0 Å². The molecule has 0 spiro atoms. The summed E-state index contributed by atoms with van der Waals surface area (Å²) in [6, 6.07) is 6.73. The first-order valence-electron chi connectivity index (χ1n) is 3.81. The van der Waals surface area contributed by atoms with Gasteiger partial charge < -0.3 is 4.42 Å². The molecule has 13 heavy (non-hydrogen) atoms. The molecule has 0 saturated heterocycles. The second-order valence-corrected chi connectivity index (χ2v) is 2.65. The molecule has 4 heteroatoms. The number of quaternary nitrogens is 1. The average Bonchev–Trinajstić information content (AvgIpc) is 2.18. The molecular weight excluding hydrogens is 170 g/mol. The van der Waals surface area contributed by atoms with Crippen LogP contribution in [0.2, 0.25) is 0 Å². The van der Waals surface area contributed by atoms with E-state index in [1.165, 1.54) is 6.26 Å². The Kier molecular flexibility index (Phi) is 1.84. The van der Waals surface area contributed by atoms with Crippen molar-refractivity contribution in [3.8, 4) is 0 Å². The summed E-state index contributed by atoms with van der Waals surface area (Å²) in [6.45, 7) is 0. The number of benzene rings is 1. The van der Waals surface area contributed by atoms with E-state index in [4.69, 9.17) is 5.21 Å². The fourth-order valence-corrected chi connectivity index (χ4v) is 1.29. The van der Waals surface area contributed by atoms with Gasteiger partial charge in [0.15, 0.2) is 5.69 Å². The highest BCUT2D eigenvalue weighted by atomic mass is 16.5. The SMILES string of the molecule is O=c1occc2c([NH2+]O)cccc12. The summed E-state index contributed by atoms with van der Waals surface area (Å²) in [7, 11) is 0. The van der Waals surface area contributed by atoms with Crippen molar-refractivity contribution >= 4 is 16.5 Å². The number of hydrogen-bond acceptors (Lipinski definition) is 3. The lowest BCUT2D eigenvalue weighted by Gasteiger charge is -1.97. The van der Waals surface area contributed by atoms with Crippen LogP contribution in [0.4, 0.5) is 5.69 Å². The zero-order valence-electron chi connectivity index (χ0n) is 6.73. The highest BCUT2D eigenvalue weighted by molar-refractivity contribution is 5.88. The van der Waals surface area contributed by atoms with Gasteiger partial charge in [-0.15, -0.1) is 0 Å². The summed E-state index contributed by atoms with van der Waals surface area (Å²) in [6.07, 6.45) is 1.32. The number of hydrogen-bond donors (Lipinski definition) is 2. The molecule has 0 aliphatic rings. The summed E-state index contributed by atoms with van der Waals surface area (Å²) in [5, 5.41) is 10.0. The zero-order chi connectivity index (χ0) is 9.26. The Hall–Kier alpha value is -1.65. The van der Waals surface area contributed by atoms with E-state index in [1.807, 2.05) is 0 Å². The molecule has 0 unspecified atom stereocenters. The molecule has 3 N–H and O–H groups in total. The third-order valence-corrected chi connectivity index (χ3v) is 1.91. The lowest BCUT2D eigenvalue weighted by atomic mass is 10.1. The van der Waals surface area contributed by atoms with Crippen LogP contribution < -0.4 is 11.1 Å². The fraction of sp³-hybridized carbons (Fsp3) is 0. The van der Waals surface area contributed by atoms with Crippen LogP contribution in [-0.2, 0) is 0 Å². The molecule has 2 aromatic rings. The van der Waals surface area contributed by atoms with Crippen molar-refractivity contribution < 1.29 is 15.1 Å². The molecule has 1 aromatic heterocycles. The Balaban J connectivity index is 2.92. The average molecular weight is 178 g/mol. The molecule has 0 aliphatic carbocycles. The number of fused-ring (bicyclic) bond motifs is 1. The fourth-order valence-electron chi connectivity index (χ4n) is 1.29. The third kappa shape index (κ3) is 1.22. The smallest absolute Gasteiger partial charge is 0.343 e. The summed E-state index contributed by atoms with van der Waals surface area (Å²) >= 11 is 0. The molecule has 0 amide bonds. The van der Waals surface area contributed by atoms with Gasteiger partial charge in [-0.1, -0.05) is 6.07 Å². The Morgan fingerprint density at radius 1 is 1.23 bits per heavy atom. The highest BCUT2D eigenvalue weighted by Gasteiger charge is 2.05. The van der Waals surface area contributed by atoms with Crippen molar-refractivity contribution in [3.05, 3.63) is 40.9 Å². The molecule has 1 aromatic carbocycles. The van der Waals surface area contributed by atoms with Gasteiger partial charge in [-0.25, -0.2) is 10.0 Å². The van der Waals surface area contributed by atoms with E-state index in [9.17, 15) is 4.79 Å². The lowest BCUT2D eigenvalue weighted by molar-refractivity contribution is -0.824. The van der Waals surface area contributed by atoms with Crippen LogP contribution in [0, 0.1) is 0 Å². The van der Waals surface area contributed by atoms with E-state index in [0.29, 0.717) is 16.5 Å². The first-order chi connectivity index (χ1) is 6.33. The van der Waals surface area contributed by atoms with Crippen molar-refractivity contribution in [2.45, 2.75) is 0 Å². The maximum absolute atomic E-state index is 11.2. The van der Waals surface area contributed by atoms with Gasteiger partial charge in [-0.3, -0.25) is 0 Å². The topological polar surface area (TPSA) is 67.0 Å². The lowest BCUT2D eigenvalue weighted by Crippen LogP contribution is -2.73. The van der Waals surface area contributed by atoms with Gasteiger partial charge in [-0.05, 0) is 12.1 Å². The first kappa shape index (κ1) is 7.97. The van der Waals surface area contributed by atoms with Crippen molar-refractivity contribution in [1.29, 1.82) is 0 Å². The van der Waals surface area contributed by atoms with E-state index in [-0.39, 0.29) is 5.63 Å². The van der Waals surface area contributed by atoms with Crippen LogP contribution >= 0.6 is 0 Å². The van der Waals surface area contributed by atoms with Gasteiger partial charge in [0.25, 0.3) is 0 Å². The van der Waals surface area contributed by atoms with Crippen LogP contribution in [0.1, 0.15) is 0 Å². The third-order valence-electron chi connectivity index (χ3n) is 1.91. The molecular formula is C9H8NO3+. The number of nitrogens with two attached hydrogens (primary N) is 1. The van der Waals surface area contributed by atoms with Crippen LogP contribution in [0.25, 0.3) is 10.8 Å². The molecule has 0 saturated carbocycles. The van der Waals surface area contributed by atoms with Crippen LogP contribution in [0.5, 0.6) is 0 Å². The van der Waals surface area contributed by atoms with Gasteiger partial charge in [0.05, 0.1) is 17.0 Å². The second kappa shape index (κ2) is 3.01. The van der Waals surface area contributed by atoms with Crippen molar-refractivity contribution in [2.24, 2.45) is 0 Å². The Morgan fingerprint density at radius 2 is 2.08 bits per heavy atom. The van der Waals surface area contributed by atoms with Crippen molar-refractivity contribution in [1.82, 2.24) is 0 Å². The summed E-state index contributed by atoms with van der Waals surface area (Å²) < 4.78 is 4.69. The van der Waals surface area contributed by atoms with Gasteiger partial charge in [0.1, 0.15) is 0 Å². The van der Waals surface area contributed by atoms with E-state index >= 15 is 0 Å². The minimum Gasteiger partial charge on any atom is -0.431 e. The standard InChI is InChI=1S/C9H7NO3/c11-9-7-2-1-3-8(10-12)6(7)4-5-13-9/h1-5,10,12H/p+1. The summed E-state index contributed by atoms with van der Waals surface area (Å²) in [5.41, 5.74) is 1.20. The molecule has 1 heterocycles. The molecule has 0 fully saturated rings. The zero-order valence-corrected chi connectivity index (χ0v) is 6.73. The van der Waals surface area contributed by atoms with Gasteiger partial charge >= 0.3 is 5.63 Å². The van der Waals surface area contributed by atoms with Crippen LogP contribution in [-0.4, -0.2) is 5.21 Å². The summed E-state index contributed by atoms with van der Waals surface area (Å²) in [5.74, 6) is 0. The number of rotatable bonds is 1. The van der Waals surface area contributed by atoms with Gasteiger partial charge in [0.2, 0.25) is 0 Å². The molecule has 0 atom stereocenters. The van der Waals surface area contributed by atoms with Gasteiger partial charge in [-0.2, -0.15) is 5.48 Å². The molecule has 66 valence electrons. The maximum Gasteiger partial charge on any atom is 0.343 e. The van der Waals surface area contributed by atoms with E-state index < -0.39 is 0 Å². The van der Waals surface area contributed by atoms with Crippen molar-refractivity contribution in [3.63, 3.8) is 0 Å². The maximum atomic E-state index is 11.2. The predicted molar refractivity (Wildman–Crippen MR) is 45.9 cm³/mol. The first-order valence-corrected chi connectivity index (χ1v) is 3.81. The largest absolute Gasteiger partial charge is 0.431 e. The minimum atomic E-state index is -0.388. The van der Waals surface area contributed by atoms with E-state index in [1.54, 1.807) is 24.3 Å². The molecule has 0 bridgehead atoms. The Labute approximate surface area is 73.4 Å². The Bertz CT molecular complexity index is 489. The second-order valence-electron chi connectivity index (χ2n) is 2.65. The van der Waals surface area contributed by atoms with Crippen LogP contribution in [0.15, 0.2) is 39.7 Å². The molecule has 0 radical (unpaired) electrons. The molecule has 0 aliphatic heterocycles. The monoisotopic (exact) mass is 178 g/mol. The highest BCUT2D eigenvalue weighted by Crippen LogP contribution is 2.15. The normalized spacial score (nSPS) is 10.5. The summed E-state index contributed by atoms with van der Waals surface area (Å²) in [4.78, 5) is 11.2. The molecule has 4 nitrogen and oxygen atoms in total. The van der Waals surface area contributed by atoms with E-state index in [0.717, 1.165) is 5.48 Å². The quantitative estimate of drug-likeness (QED) is 0.490. The van der Waals surface area contributed by atoms with Crippen molar-refractivity contribution in [2.75, 3.05) is 0 Å². The Morgan fingerprint density at radius 3 is 2.85 bits per heavy atom.